The minimum Gasteiger partial charge on any atom is -0.454 e. The van der Waals surface area contributed by atoms with E-state index in [0.717, 1.165) is 15.7 Å². The van der Waals surface area contributed by atoms with Crippen LogP contribution in [0.5, 0.6) is 11.5 Å². The molecule has 0 radical (unpaired) electrons. The number of carbonyl (C=O) groups is 1. The van der Waals surface area contributed by atoms with Crippen LogP contribution in [0.4, 0.5) is 5.69 Å². The molecule has 0 unspecified atom stereocenters. The number of anilines is 1. The fraction of sp³-hybridized carbons (Fsp3) is 0.118. The second kappa shape index (κ2) is 6.89. The van der Waals surface area contributed by atoms with Crippen LogP contribution in [0, 0.1) is 0 Å². The summed E-state index contributed by atoms with van der Waals surface area (Å²) >= 11 is 4.76. The lowest BCUT2D eigenvalue weighted by Gasteiger charge is -2.14. The molecule has 8 heteroatoms. The van der Waals surface area contributed by atoms with Gasteiger partial charge in [-0.05, 0) is 36.4 Å². The molecule has 1 saturated heterocycles. The van der Waals surface area contributed by atoms with Gasteiger partial charge in [0.2, 0.25) is 12.7 Å². The summed E-state index contributed by atoms with van der Waals surface area (Å²) in [7, 11) is 0. The van der Waals surface area contributed by atoms with E-state index in [4.69, 9.17) is 9.47 Å². The molecule has 1 fully saturated rings. The van der Waals surface area contributed by atoms with Gasteiger partial charge in [-0.15, -0.1) is 5.10 Å². The van der Waals surface area contributed by atoms with E-state index < -0.39 is 0 Å². The molecule has 2 aliphatic heterocycles. The first-order chi connectivity index (χ1) is 12.2. The molecule has 0 N–H and O–H groups in total. The molecule has 0 bridgehead atoms. The third kappa shape index (κ3) is 3.27. The van der Waals surface area contributed by atoms with Crippen molar-refractivity contribution in [1.82, 2.24) is 0 Å². The standard InChI is InChI=1S/C17H12BrN3O3S/c18-12-4-6-13(7-5-12)21-15(22)9-25-17(21)20-19-8-11-2-1-3-14-16(11)24-10-23-14/h1-8H,9-10H2/b19-8-,20-17-. The summed E-state index contributed by atoms with van der Waals surface area (Å²) in [5.41, 5.74) is 1.55. The Labute approximate surface area is 156 Å². The fourth-order valence-corrected chi connectivity index (χ4v) is 3.56. The minimum atomic E-state index is -0.0152. The summed E-state index contributed by atoms with van der Waals surface area (Å²) < 4.78 is 11.7. The molecule has 126 valence electrons. The van der Waals surface area contributed by atoms with Gasteiger partial charge >= 0.3 is 0 Å². The van der Waals surface area contributed by atoms with Crippen LogP contribution < -0.4 is 14.4 Å². The SMILES string of the molecule is O=C1CS/C(=N\N=C/c2cccc3c2OCO3)N1c1ccc(Br)cc1. The number of hydrogen-bond acceptors (Lipinski definition) is 6. The molecule has 0 spiro atoms. The minimum absolute atomic E-state index is 0.0152. The van der Waals surface area contributed by atoms with Crippen LogP contribution in [0.1, 0.15) is 5.56 Å². The van der Waals surface area contributed by atoms with Crippen molar-refractivity contribution >= 4 is 50.7 Å². The normalized spacial score (nSPS) is 17.9. The molecule has 0 saturated carbocycles. The Morgan fingerprint density at radius 2 is 2.00 bits per heavy atom. The first-order valence-corrected chi connectivity index (χ1v) is 9.21. The monoisotopic (exact) mass is 417 g/mol. The highest BCUT2D eigenvalue weighted by Crippen LogP contribution is 2.34. The average molecular weight is 418 g/mol. The lowest BCUT2D eigenvalue weighted by Crippen LogP contribution is -2.28. The second-order valence-electron chi connectivity index (χ2n) is 5.20. The zero-order valence-corrected chi connectivity index (χ0v) is 15.3. The summed E-state index contributed by atoms with van der Waals surface area (Å²) in [6.45, 7) is 0.205. The van der Waals surface area contributed by atoms with E-state index in [1.807, 2.05) is 42.5 Å². The Balaban J connectivity index is 1.59. The molecular formula is C17H12BrN3O3S. The molecule has 0 atom stereocenters. The summed E-state index contributed by atoms with van der Waals surface area (Å²) in [5, 5.41) is 8.90. The van der Waals surface area contributed by atoms with Crippen LogP contribution in [-0.2, 0) is 4.79 Å². The van der Waals surface area contributed by atoms with Crippen LogP contribution in [0.15, 0.2) is 57.1 Å². The molecule has 2 heterocycles. The van der Waals surface area contributed by atoms with Gasteiger partial charge in [-0.25, -0.2) is 0 Å². The third-order valence-corrected chi connectivity index (χ3v) is 5.06. The molecule has 2 aromatic carbocycles. The summed E-state index contributed by atoms with van der Waals surface area (Å²) in [6.07, 6.45) is 1.60. The number of hydrogen-bond donors (Lipinski definition) is 0. The number of thioether (sulfide) groups is 1. The Morgan fingerprint density at radius 1 is 1.16 bits per heavy atom. The molecule has 2 aromatic rings. The van der Waals surface area contributed by atoms with Gasteiger partial charge in [0.15, 0.2) is 16.7 Å². The Kier molecular flexibility index (Phi) is 4.46. The van der Waals surface area contributed by atoms with Crippen molar-refractivity contribution < 1.29 is 14.3 Å². The molecule has 0 aliphatic carbocycles. The van der Waals surface area contributed by atoms with Gasteiger partial charge < -0.3 is 9.47 Å². The highest BCUT2D eigenvalue weighted by atomic mass is 79.9. The van der Waals surface area contributed by atoms with Gasteiger partial charge in [0.1, 0.15) is 0 Å². The number of halogens is 1. The number of benzene rings is 2. The number of fused-ring (bicyclic) bond motifs is 1. The maximum absolute atomic E-state index is 12.2. The number of carbonyl (C=O) groups excluding carboxylic acids is 1. The van der Waals surface area contributed by atoms with Crippen LogP contribution in [-0.4, -0.2) is 29.8 Å². The maximum atomic E-state index is 12.2. The quantitative estimate of drug-likeness (QED) is 0.564. The van der Waals surface area contributed by atoms with Gasteiger partial charge in [0.25, 0.3) is 0 Å². The van der Waals surface area contributed by atoms with E-state index in [2.05, 4.69) is 26.1 Å². The van der Waals surface area contributed by atoms with Crippen LogP contribution >= 0.6 is 27.7 Å². The number of amides is 1. The Morgan fingerprint density at radius 3 is 2.84 bits per heavy atom. The topological polar surface area (TPSA) is 63.5 Å². The fourth-order valence-electron chi connectivity index (χ4n) is 2.48. The van der Waals surface area contributed by atoms with Crippen molar-refractivity contribution in [1.29, 1.82) is 0 Å². The molecule has 6 nitrogen and oxygen atoms in total. The van der Waals surface area contributed by atoms with Gasteiger partial charge in [0.05, 0.1) is 17.7 Å². The number of para-hydroxylation sites is 1. The van der Waals surface area contributed by atoms with Gasteiger partial charge in [-0.1, -0.05) is 33.8 Å². The van der Waals surface area contributed by atoms with Gasteiger partial charge in [-0.3, -0.25) is 9.69 Å². The van der Waals surface area contributed by atoms with Crippen molar-refractivity contribution in [3.8, 4) is 11.5 Å². The highest BCUT2D eigenvalue weighted by molar-refractivity contribution is 9.10. The van der Waals surface area contributed by atoms with E-state index in [-0.39, 0.29) is 12.7 Å². The van der Waals surface area contributed by atoms with Gasteiger partial charge in [-0.2, -0.15) is 5.10 Å². The lowest BCUT2D eigenvalue weighted by molar-refractivity contribution is -0.115. The van der Waals surface area contributed by atoms with Crippen LogP contribution in [0.2, 0.25) is 0 Å². The van der Waals surface area contributed by atoms with E-state index in [1.54, 1.807) is 11.1 Å². The highest BCUT2D eigenvalue weighted by Gasteiger charge is 2.29. The Bertz CT molecular complexity index is 883. The summed E-state index contributed by atoms with van der Waals surface area (Å²) in [6, 6.07) is 13.1. The van der Waals surface area contributed by atoms with Gasteiger partial charge in [0, 0.05) is 10.0 Å². The number of amidine groups is 1. The van der Waals surface area contributed by atoms with E-state index in [0.29, 0.717) is 22.4 Å². The van der Waals surface area contributed by atoms with E-state index in [1.165, 1.54) is 11.8 Å². The second-order valence-corrected chi connectivity index (χ2v) is 7.06. The zero-order chi connectivity index (χ0) is 17.2. The average Bonchev–Trinajstić information content (AvgIpc) is 3.23. The van der Waals surface area contributed by atoms with Crippen molar-refractivity contribution in [3.05, 3.63) is 52.5 Å². The third-order valence-electron chi connectivity index (χ3n) is 3.62. The lowest BCUT2D eigenvalue weighted by atomic mass is 10.2. The predicted octanol–water partition coefficient (Wildman–Crippen LogP) is 3.65. The largest absolute Gasteiger partial charge is 0.454 e. The van der Waals surface area contributed by atoms with Crippen molar-refractivity contribution in [3.63, 3.8) is 0 Å². The van der Waals surface area contributed by atoms with Crippen molar-refractivity contribution in [2.75, 3.05) is 17.4 Å². The number of nitrogens with zero attached hydrogens (tertiary/aromatic N) is 3. The maximum Gasteiger partial charge on any atom is 0.243 e. The first-order valence-electron chi connectivity index (χ1n) is 7.43. The molecule has 4 rings (SSSR count). The zero-order valence-electron chi connectivity index (χ0n) is 12.9. The van der Waals surface area contributed by atoms with Crippen molar-refractivity contribution in [2.24, 2.45) is 10.2 Å². The predicted molar refractivity (Wildman–Crippen MR) is 102 cm³/mol. The van der Waals surface area contributed by atoms with Crippen LogP contribution in [0.25, 0.3) is 0 Å². The van der Waals surface area contributed by atoms with E-state index in [9.17, 15) is 4.79 Å². The van der Waals surface area contributed by atoms with Crippen molar-refractivity contribution in [2.45, 2.75) is 0 Å². The smallest absolute Gasteiger partial charge is 0.243 e. The first kappa shape index (κ1) is 16.2. The molecular weight excluding hydrogens is 406 g/mol. The molecule has 1 amide bonds. The summed E-state index contributed by atoms with van der Waals surface area (Å²) in [4.78, 5) is 13.8. The Hall–Kier alpha value is -2.32. The summed E-state index contributed by atoms with van der Waals surface area (Å²) in [5.74, 6) is 1.69. The molecule has 2 aliphatic rings. The van der Waals surface area contributed by atoms with E-state index >= 15 is 0 Å². The number of rotatable bonds is 3. The number of ether oxygens (including phenoxy) is 2. The van der Waals surface area contributed by atoms with Crippen LogP contribution in [0.3, 0.4) is 0 Å². The molecule has 0 aromatic heterocycles. The molecule has 25 heavy (non-hydrogen) atoms.